The molecule has 0 saturated carbocycles. The van der Waals surface area contributed by atoms with Crippen molar-refractivity contribution >= 4 is 17.6 Å². The van der Waals surface area contributed by atoms with E-state index in [2.05, 4.69) is 15.6 Å². The lowest BCUT2D eigenvalue weighted by atomic mass is 10.0. The Balaban J connectivity index is 1.57. The largest absolute Gasteiger partial charge is 0.506 e. The molecule has 1 aromatic carbocycles. The number of nitrogens with one attached hydrogen (secondary N) is 2. The molecule has 3 N–H and O–H groups in total. The lowest BCUT2D eigenvalue weighted by Gasteiger charge is -2.20. The standard InChI is InChI=1S/C17H18ClN3O3/c18-13-5-1-3-11(15(13)22)10-20-17(23)21-14-6-8-24-16(14)12-4-2-7-19-9-12/h1-5,7,9,14,16,22H,6,8,10H2,(H2,20,21,23)/t14-,16+/m1/s1. The van der Waals surface area contributed by atoms with Crippen LogP contribution in [0.25, 0.3) is 0 Å². The molecule has 2 heterocycles. The fourth-order valence-corrected chi connectivity index (χ4v) is 2.90. The maximum absolute atomic E-state index is 12.1. The van der Waals surface area contributed by atoms with Gasteiger partial charge in [0.1, 0.15) is 11.9 Å². The van der Waals surface area contributed by atoms with Crippen LogP contribution in [-0.4, -0.2) is 28.8 Å². The molecule has 0 radical (unpaired) electrons. The van der Waals surface area contributed by atoms with Crippen molar-refractivity contribution in [1.29, 1.82) is 0 Å². The fourth-order valence-electron chi connectivity index (χ4n) is 2.71. The number of rotatable bonds is 4. The predicted octanol–water partition coefficient (Wildman–Crippen LogP) is 2.77. The van der Waals surface area contributed by atoms with Gasteiger partial charge in [-0.05, 0) is 18.6 Å². The highest BCUT2D eigenvalue weighted by molar-refractivity contribution is 6.32. The van der Waals surface area contributed by atoms with Crippen LogP contribution in [0.15, 0.2) is 42.7 Å². The number of nitrogens with zero attached hydrogens (tertiary/aromatic N) is 1. The Morgan fingerprint density at radius 1 is 1.38 bits per heavy atom. The number of pyridine rings is 1. The number of aromatic nitrogens is 1. The zero-order chi connectivity index (χ0) is 16.9. The molecule has 1 fully saturated rings. The minimum absolute atomic E-state index is 0.0168. The van der Waals surface area contributed by atoms with Gasteiger partial charge in [0.05, 0.1) is 11.1 Å². The predicted molar refractivity (Wildman–Crippen MR) is 89.8 cm³/mol. The van der Waals surface area contributed by atoms with Gasteiger partial charge in [-0.15, -0.1) is 0 Å². The third-order valence-corrected chi connectivity index (χ3v) is 4.24. The van der Waals surface area contributed by atoms with Crippen LogP contribution in [-0.2, 0) is 11.3 Å². The van der Waals surface area contributed by atoms with E-state index >= 15 is 0 Å². The number of hydrogen-bond acceptors (Lipinski definition) is 4. The number of aromatic hydroxyl groups is 1. The molecule has 24 heavy (non-hydrogen) atoms. The molecule has 0 spiro atoms. The summed E-state index contributed by atoms with van der Waals surface area (Å²) in [5.74, 6) is -0.0168. The number of para-hydroxylation sites is 1. The van der Waals surface area contributed by atoms with Crippen molar-refractivity contribution in [3.05, 3.63) is 58.9 Å². The number of urea groups is 1. The molecule has 0 aliphatic carbocycles. The Morgan fingerprint density at radius 3 is 3.04 bits per heavy atom. The number of phenolic OH excluding ortho intramolecular Hbond substituents is 1. The Kier molecular flexibility index (Phi) is 5.17. The molecule has 2 atom stereocenters. The third-order valence-electron chi connectivity index (χ3n) is 3.93. The van der Waals surface area contributed by atoms with Gasteiger partial charge >= 0.3 is 6.03 Å². The van der Waals surface area contributed by atoms with Gasteiger partial charge in [-0.2, -0.15) is 0 Å². The molecule has 1 aromatic heterocycles. The molecule has 1 aliphatic heterocycles. The molecule has 0 bridgehead atoms. The van der Waals surface area contributed by atoms with Crippen molar-refractivity contribution in [2.24, 2.45) is 0 Å². The van der Waals surface area contributed by atoms with Gasteiger partial charge in [0, 0.05) is 36.7 Å². The van der Waals surface area contributed by atoms with Gasteiger partial charge in [0.25, 0.3) is 0 Å². The monoisotopic (exact) mass is 347 g/mol. The van der Waals surface area contributed by atoms with Crippen molar-refractivity contribution in [3.63, 3.8) is 0 Å². The van der Waals surface area contributed by atoms with Crippen LogP contribution >= 0.6 is 11.6 Å². The summed E-state index contributed by atoms with van der Waals surface area (Å²) in [4.78, 5) is 16.2. The van der Waals surface area contributed by atoms with Crippen LogP contribution in [0, 0.1) is 0 Å². The number of benzene rings is 1. The molecular formula is C17H18ClN3O3. The highest BCUT2D eigenvalue weighted by Gasteiger charge is 2.31. The van der Waals surface area contributed by atoms with E-state index in [1.807, 2.05) is 12.1 Å². The Bertz CT molecular complexity index is 711. The first-order chi connectivity index (χ1) is 11.6. The number of ether oxygens (including phenoxy) is 1. The van der Waals surface area contributed by atoms with Gasteiger partial charge in [-0.3, -0.25) is 4.98 Å². The van der Waals surface area contributed by atoms with E-state index in [-0.39, 0.29) is 35.5 Å². The number of halogens is 1. The van der Waals surface area contributed by atoms with E-state index in [1.165, 1.54) is 0 Å². The summed E-state index contributed by atoms with van der Waals surface area (Å²) >= 11 is 5.85. The zero-order valence-corrected chi connectivity index (χ0v) is 13.7. The van der Waals surface area contributed by atoms with Gasteiger partial charge in [0.15, 0.2) is 0 Å². The van der Waals surface area contributed by atoms with E-state index < -0.39 is 0 Å². The number of amides is 2. The Morgan fingerprint density at radius 2 is 2.25 bits per heavy atom. The number of carbonyl (C=O) groups is 1. The second-order valence-electron chi connectivity index (χ2n) is 5.55. The first-order valence-corrected chi connectivity index (χ1v) is 8.05. The Labute approximate surface area is 144 Å². The molecule has 6 nitrogen and oxygen atoms in total. The lowest BCUT2D eigenvalue weighted by molar-refractivity contribution is 0.0996. The molecule has 2 aromatic rings. The summed E-state index contributed by atoms with van der Waals surface area (Å²) < 4.78 is 5.71. The highest BCUT2D eigenvalue weighted by atomic mass is 35.5. The quantitative estimate of drug-likeness (QED) is 0.794. The molecule has 2 amide bonds. The SMILES string of the molecule is O=C(NCc1cccc(Cl)c1O)N[C@@H]1CCO[C@H]1c1cccnc1. The Hall–Kier alpha value is -2.31. The highest BCUT2D eigenvalue weighted by Crippen LogP contribution is 2.29. The number of phenols is 1. The molecular weight excluding hydrogens is 330 g/mol. The molecule has 7 heteroatoms. The number of carbonyl (C=O) groups excluding carboxylic acids is 1. The lowest BCUT2D eigenvalue weighted by Crippen LogP contribution is -2.43. The van der Waals surface area contributed by atoms with E-state index in [0.29, 0.717) is 12.2 Å². The van der Waals surface area contributed by atoms with Gasteiger partial charge in [-0.25, -0.2) is 4.79 Å². The van der Waals surface area contributed by atoms with Gasteiger partial charge in [-0.1, -0.05) is 29.8 Å². The summed E-state index contributed by atoms with van der Waals surface area (Å²) in [7, 11) is 0. The first kappa shape index (κ1) is 16.5. The van der Waals surface area contributed by atoms with Crippen molar-refractivity contribution in [1.82, 2.24) is 15.6 Å². The molecule has 1 aliphatic rings. The average Bonchev–Trinajstić information content (AvgIpc) is 3.05. The van der Waals surface area contributed by atoms with Gasteiger partial charge in [0.2, 0.25) is 0 Å². The van der Waals surface area contributed by atoms with Crippen LogP contribution in [0.4, 0.5) is 4.79 Å². The number of hydrogen-bond donors (Lipinski definition) is 3. The van der Waals surface area contributed by atoms with Crippen molar-refractivity contribution in [2.45, 2.75) is 25.1 Å². The van der Waals surface area contributed by atoms with E-state index in [0.717, 1.165) is 12.0 Å². The molecule has 1 saturated heterocycles. The summed E-state index contributed by atoms with van der Waals surface area (Å²) in [6.45, 7) is 0.767. The van der Waals surface area contributed by atoms with Crippen molar-refractivity contribution in [3.8, 4) is 5.75 Å². The van der Waals surface area contributed by atoms with E-state index in [4.69, 9.17) is 16.3 Å². The van der Waals surface area contributed by atoms with E-state index in [1.54, 1.807) is 30.6 Å². The van der Waals surface area contributed by atoms with Crippen LogP contribution in [0.1, 0.15) is 23.7 Å². The summed E-state index contributed by atoms with van der Waals surface area (Å²) in [6.07, 6.45) is 3.97. The molecule has 3 rings (SSSR count). The summed E-state index contributed by atoms with van der Waals surface area (Å²) in [5.41, 5.74) is 1.50. The van der Waals surface area contributed by atoms with Gasteiger partial charge < -0.3 is 20.5 Å². The third kappa shape index (κ3) is 3.77. The fraction of sp³-hybridized carbons (Fsp3) is 0.294. The summed E-state index contributed by atoms with van der Waals surface area (Å²) in [5, 5.41) is 15.8. The van der Waals surface area contributed by atoms with Crippen LogP contribution < -0.4 is 10.6 Å². The van der Waals surface area contributed by atoms with Crippen molar-refractivity contribution in [2.75, 3.05) is 6.61 Å². The minimum Gasteiger partial charge on any atom is -0.506 e. The summed E-state index contributed by atoms with van der Waals surface area (Å²) in [6, 6.07) is 8.35. The average molecular weight is 348 g/mol. The minimum atomic E-state index is -0.321. The second-order valence-corrected chi connectivity index (χ2v) is 5.95. The molecule has 126 valence electrons. The topological polar surface area (TPSA) is 83.5 Å². The smallest absolute Gasteiger partial charge is 0.315 e. The maximum atomic E-state index is 12.1. The van der Waals surface area contributed by atoms with Crippen molar-refractivity contribution < 1.29 is 14.6 Å². The normalized spacial score (nSPS) is 19.9. The van der Waals surface area contributed by atoms with Crippen LogP contribution in [0.3, 0.4) is 0 Å². The zero-order valence-electron chi connectivity index (χ0n) is 12.9. The van der Waals surface area contributed by atoms with Crippen LogP contribution in [0.5, 0.6) is 5.75 Å². The maximum Gasteiger partial charge on any atom is 0.315 e. The second kappa shape index (κ2) is 7.51. The van der Waals surface area contributed by atoms with E-state index in [9.17, 15) is 9.90 Å². The molecule has 0 unspecified atom stereocenters. The van der Waals surface area contributed by atoms with Crippen LogP contribution in [0.2, 0.25) is 5.02 Å². The first-order valence-electron chi connectivity index (χ1n) is 7.67.